The van der Waals surface area contributed by atoms with Crippen LogP contribution in [0.15, 0.2) is 0 Å². The topological polar surface area (TPSA) is 61.4 Å². The van der Waals surface area contributed by atoms with Crippen LogP contribution in [-0.2, 0) is 0 Å². The molecule has 1 atom stereocenters. The fraction of sp³-hybridized carbons (Fsp3) is 0.909. The molecule has 4 heteroatoms. The van der Waals surface area contributed by atoms with Gasteiger partial charge in [-0.05, 0) is 31.1 Å². The van der Waals surface area contributed by atoms with Crippen molar-refractivity contribution >= 4 is 6.03 Å². The smallest absolute Gasteiger partial charge is 0.314 e. The van der Waals surface area contributed by atoms with Crippen molar-refractivity contribution in [3.8, 4) is 0 Å². The first-order chi connectivity index (χ1) is 7.09. The summed E-state index contributed by atoms with van der Waals surface area (Å²) in [5.41, 5.74) is 0. The van der Waals surface area contributed by atoms with Crippen molar-refractivity contribution in [1.29, 1.82) is 0 Å². The molecule has 0 aromatic rings. The Hall–Kier alpha value is -0.770. The molecule has 0 aromatic heterocycles. The van der Waals surface area contributed by atoms with Crippen LogP contribution in [0.2, 0.25) is 0 Å². The molecule has 0 aliphatic heterocycles. The van der Waals surface area contributed by atoms with Gasteiger partial charge in [0, 0.05) is 13.1 Å². The van der Waals surface area contributed by atoms with E-state index in [1.165, 1.54) is 12.8 Å². The molecule has 1 rings (SSSR count). The summed E-state index contributed by atoms with van der Waals surface area (Å²) in [5, 5.41) is 15.1. The van der Waals surface area contributed by atoms with Crippen LogP contribution < -0.4 is 10.6 Å². The minimum Gasteiger partial charge on any atom is -0.393 e. The van der Waals surface area contributed by atoms with E-state index in [1.54, 1.807) is 0 Å². The van der Waals surface area contributed by atoms with Crippen molar-refractivity contribution in [3.63, 3.8) is 0 Å². The van der Waals surface area contributed by atoms with Gasteiger partial charge in [0.05, 0.1) is 6.10 Å². The van der Waals surface area contributed by atoms with Gasteiger partial charge in [-0.25, -0.2) is 4.79 Å². The summed E-state index contributed by atoms with van der Waals surface area (Å²) in [6, 6.07) is -0.113. The Morgan fingerprint density at radius 1 is 1.40 bits per heavy atom. The second-order valence-electron chi connectivity index (χ2n) is 4.68. The number of rotatable bonds is 6. The Labute approximate surface area is 91.4 Å². The molecule has 0 saturated heterocycles. The average Bonchev–Trinajstić information content (AvgIpc) is 2.97. The van der Waals surface area contributed by atoms with Crippen LogP contribution in [0.25, 0.3) is 0 Å². The molecule has 1 saturated carbocycles. The van der Waals surface area contributed by atoms with Gasteiger partial charge in [0.2, 0.25) is 0 Å². The fourth-order valence-electron chi connectivity index (χ4n) is 1.29. The summed E-state index contributed by atoms with van der Waals surface area (Å²) < 4.78 is 0. The van der Waals surface area contributed by atoms with Gasteiger partial charge >= 0.3 is 6.03 Å². The van der Waals surface area contributed by atoms with Crippen LogP contribution in [0.4, 0.5) is 4.79 Å². The minimum atomic E-state index is -0.325. The highest BCUT2D eigenvalue weighted by molar-refractivity contribution is 5.73. The first-order valence-electron chi connectivity index (χ1n) is 5.79. The third-order valence-corrected chi connectivity index (χ3v) is 2.74. The highest BCUT2D eigenvalue weighted by atomic mass is 16.3. The lowest BCUT2D eigenvalue weighted by Gasteiger charge is -2.14. The number of aliphatic hydroxyl groups is 1. The number of aliphatic hydroxyl groups excluding tert-OH is 1. The number of hydrogen-bond donors (Lipinski definition) is 3. The van der Waals surface area contributed by atoms with E-state index in [9.17, 15) is 9.90 Å². The van der Waals surface area contributed by atoms with Gasteiger partial charge in [0.1, 0.15) is 0 Å². The van der Waals surface area contributed by atoms with E-state index in [0.29, 0.717) is 18.9 Å². The maximum Gasteiger partial charge on any atom is 0.314 e. The first-order valence-corrected chi connectivity index (χ1v) is 5.79. The van der Waals surface area contributed by atoms with Gasteiger partial charge < -0.3 is 15.7 Å². The lowest BCUT2D eigenvalue weighted by molar-refractivity contribution is 0.116. The molecular weight excluding hydrogens is 192 g/mol. The lowest BCUT2D eigenvalue weighted by Crippen LogP contribution is -2.38. The number of nitrogens with one attached hydrogen (secondary N) is 2. The van der Waals surface area contributed by atoms with Gasteiger partial charge in [0.25, 0.3) is 0 Å². The van der Waals surface area contributed by atoms with E-state index in [-0.39, 0.29) is 18.1 Å². The Balaban J connectivity index is 1.95. The number of carbonyl (C=O) groups excluding carboxylic acids is 1. The van der Waals surface area contributed by atoms with E-state index in [2.05, 4.69) is 10.6 Å². The number of carbonyl (C=O) groups is 1. The predicted molar refractivity (Wildman–Crippen MR) is 59.6 cm³/mol. The molecule has 0 heterocycles. The fourth-order valence-corrected chi connectivity index (χ4v) is 1.29. The summed E-state index contributed by atoms with van der Waals surface area (Å²) >= 11 is 0. The molecule has 1 aliphatic rings. The minimum absolute atomic E-state index is 0.113. The monoisotopic (exact) mass is 214 g/mol. The number of hydrogen-bond acceptors (Lipinski definition) is 2. The molecule has 4 nitrogen and oxygen atoms in total. The van der Waals surface area contributed by atoms with Gasteiger partial charge in [-0.3, -0.25) is 0 Å². The molecule has 2 amide bonds. The molecule has 1 aliphatic carbocycles. The lowest BCUT2D eigenvalue weighted by atomic mass is 10.0. The summed E-state index contributed by atoms with van der Waals surface area (Å²) in [6.45, 7) is 5.27. The van der Waals surface area contributed by atoms with Gasteiger partial charge in [0.15, 0.2) is 0 Å². The van der Waals surface area contributed by atoms with Crippen LogP contribution in [0.3, 0.4) is 0 Å². The van der Waals surface area contributed by atoms with Crippen LogP contribution >= 0.6 is 0 Å². The van der Waals surface area contributed by atoms with E-state index < -0.39 is 0 Å². The Kier molecular flexibility index (Phi) is 4.88. The van der Waals surface area contributed by atoms with Crippen molar-refractivity contribution < 1.29 is 9.90 Å². The van der Waals surface area contributed by atoms with E-state index in [0.717, 1.165) is 6.54 Å². The Morgan fingerprint density at radius 3 is 2.60 bits per heavy atom. The van der Waals surface area contributed by atoms with Crippen molar-refractivity contribution in [2.45, 2.75) is 39.2 Å². The average molecular weight is 214 g/mol. The molecule has 0 aromatic carbocycles. The van der Waals surface area contributed by atoms with Crippen LogP contribution in [0.1, 0.15) is 33.1 Å². The van der Waals surface area contributed by atoms with E-state index >= 15 is 0 Å². The van der Waals surface area contributed by atoms with Crippen molar-refractivity contribution in [1.82, 2.24) is 10.6 Å². The zero-order valence-electron chi connectivity index (χ0n) is 9.62. The van der Waals surface area contributed by atoms with Gasteiger partial charge in [-0.15, -0.1) is 0 Å². The summed E-state index contributed by atoms with van der Waals surface area (Å²) in [7, 11) is 0. The summed E-state index contributed by atoms with van der Waals surface area (Å²) in [5.74, 6) is 0.957. The molecule has 1 unspecified atom stereocenters. The standard InChI is InChI=1S/C11H22N2O2/c1-8(2)10(14)5-6-12-11(15)13-7-9-3-4-9/h8-10,14H,3-7H2,1-2H3,(H2,12,13,15). The van der Waals surface area contributed by atoms with Gasteiger partial charge in [-0.2, -0.15) is 0 Å². The number of urea groups is 1. The molecule has 3 N–H and O–H groups in total. The maximum atomic E-state index is 11.2. The zero-order valence-corrected chi connectivity index (χ0v) is 9.62. The largest absolute Gasteiger partial charge is 0.393 e. The van der Waals surface area contributed by atoms with E-state index in [4.69, 9.17) is 0 Å². The Bertz CT molecular complexity index is 203. The second-order valence-corrected chi connectivity index (χ2v) is 4.68. The highest BCUT2D eigenvalue weighted by Crippen LogP contribution is 2.27. The molecular formula is C11H22N2O2. The molecule has 1 fully saturated rings. The maximum absolute atomic E-state index is 11.2. The quantitative estimate of drug-likeness (QED) is 0.620. The van der Waals surface area contributed by atoms with Crippen LogP contribution in [-0.4, -0.2) is 30.3 Å². The zero-order chi connectivity index (χ0) is 11.3. The van der Waals surface area contributed by atoms with Crippen molar-refractivity contribution in [3.05, 3.63) is 0 Å². The van der Waals surface area contributed by atoms with Crippen molar-refractivity contribution in [2.75, 3.05) is 13.1 Å². The highest BCUT2D eigenvalue weighted by Gasteiger charge is 2.21. The van der Waals surface area contributed by atoms with Crippen LogP contribution in [0, 0.1) is 11.8 Å². The molecule has 88 valence electrons. The van der Waals surface area contributed by atoms with Gasteiger partial charge in [-0.1, -0.05) is 13.8 Å². The molecule has 15 heavy (non-hydrogen) atoms. The predicted octanol–water partition coefficient (Wildman–Crippen LogP) is 1.10. The van der Waals surface area contributed by atoms with Crippen LogP contribution in [0.5, 0.6) is 0 Å². The third-order valence-electron chi connectivity index (χ3n) is 2.74. The summed E-state index contributed by atoms with van der Waals surface area (Å²) in [4.78, 5) is 11.2. The SMILES string of the molecule is CC(C)C(O)CCNC(=O)NCC1CC1. The molecule has 0 bridgehead atoms. The first kappa shape index (κ1) is 12.3. The second kappa shape index (κ2) is 5.95. The number of amides is 2. The Morgan fingerprint density at radius 2 is 2.07 bits per heavy atom. The molecule has 0 radical (unpaired) electrons. The molecule has 0 spiro atoms. The normalized spacial score (nSPS) is 17.6. The third kappa shape index (κ3) is 5.62. The van der Waals surface area contributed by atoms with Crippen molar-refractivity contribution in [2.24, 2.45) is 11.8 Å². The summed E-state index contributed by atoms with van der Waals surface area (Å²) in [6.07, 6.45) is 2.78. The van der Waals surface area contributed by atoms with E-state index in [1.807, 2.05) is 13.8 Å².